The number of carbonyl (C=O) groups is 1. The number of nitrogens with one attached hydrogen (secondary N) is 1. The summed E-state index contributed by atoms with van der Waals surface area (Å²) in [5.74, 6) is -3.02. The van der Waals surface area contributed by atoms with E-state index in [1.807, 2.05) is 24.5 Å². The zero-order chi connectivity index (χ0) is 24.9. The molecular weight excluding hydrogens is 458 g/mol. The van der Waals surface area contributed by atoms with E-state index < -0.39 is 29.1 Å². The molecule has 0 amide bonds. The van der Waals surface area contributed by atoms with Crippen molar-refractivity contribution in [3.05, 3.63) is 53.4 Å². The van der Waals surface area contributed by atoms with Crippen LogP contribution < -0.4 is 0 Å². The Morgan fingerprint density at radius 1 is 1.29 bits per heavy atom. The summed E-state index contributed by atoms with van der Waals surface area (Å²) in [6.45, 7) is 4.58. The molecule has 0 radical (unpaired) electrons. The fourth-order valence-corrected chi connectivity index (χ4v) is 5.14. The van der Waals surface area contributed by atoms with Gasteiger partial charge in [0.2, 0.25) is 0 Å². The molecule has 3 aromatic heterocycles. The minimum Gasteiger partial charge on any atom is -0.479 e. The Hall–Kier alpha value is -3.37. The van der Waals surface area contributed by atoms with Gasteiger partial charge in [0.15, 0.2) is 23.4 Å². The number of aromatic nitrogens is 4. The Bertz CT molecular complexity index is 1420. The van der Waals surface area contributed by atoms with E-state index in [0.29, 0.717) is 41.8 Å². The molecule has 0 aliphatic carbocycles. The van der Waals surface area contributed by atoms with Gasteiger partial charge in [-0.15, -0.1) is 0 Å². The van der Waals surface area contributed by atoms with Gasteiger partial charge in [-0.25, -0.2) is 18.6 Å². The Morgan fingerprint density at radius 2 is 2.09 bits per heavy atom. The van der Waals surface area contributed by atoms with Gasteiger partial charge in [0, 0.05) is 46.8 Å². The second kappa shape index (κ2) is 8.69. The second-order valence-corrected chi connectivity index (χ2v) is 9.61. The number of nitrogens with zero attached hydrogens (tertiary/aromatic N) is 3. The topological polar surface area (TPSA) is 102 Å². The lowest BCUT2D eigenvalue weighted by atomic mass is 9.81. The van der Waals surface area contributed by atoms with Crippen molar-refractivity contribution in [2.75, 3.05) is 20.3 Å². The number of H-pyrrole nitrogens is 1. The maximum atomic E-state index is 14.4. The van der Waals surface area contributed by atoms with Gasteiger partial charge in [-0.1, -0.05) is 13.8 Å². The smallest absolute Gasteiger partial charge is 0.332 e. The third kappa shape index (κ3) is 3.96. The molecule has 1 aromatic carbocycles. The molecule has 1 aliphatic rings. The molecule has 1 saturated heterocycles. The van der Waals surface area contributed by atoms with E-state index >= 15 is 0 Å². The molecular formula is C25H26F2N4O4. The number of benzene rings is 1. The first-order valence-electron chi connectivity index (χ1n) is 11.4. The van der Waals surface area contributed by atoms with E-state index in [4.69, 9.17) is 14.5 Å². The van der Waals surface area contributed by atoms with Crippen LogP contribution in [0, 0.1) is 11.6 Å². The molecule has 0 bridgehead atoms. The van der Waals surface area contributed by atoms with Gasteiger partial charge in [0.1, 0.15) is 0 Å². The minimum atomic E-state index is -0.982. The van der Waals surface area contributed by atoms with Gasteiger partial charge in [-0.2, -0.15) is 5.10 Å². The Morgan fingerprint density at radius 3 is 2.74 bits per heavy atom. The second-order valence-electron chi connectivity index (χ2n) is 9.61. The number of hydrogen-bond donors (Lipinski definition) is 2. The summed E-state index contributed by atoms with van der Waals surface area (Å²) in [7, 11) is 1.61. The summed E-state index contributed by atoms with van der Waals surface area (Å²) in [4.78, 5) is 16.3. The van der Waals surface area contributed by atoms with Crippen LogP contribution in [0.3, 0.4) is 0 Å². The van der Waals surface area contributed by atoms with Crippen LogP contribution >= 0.6 is 0 Å². The van der Waals surface area contributed by atoms with Crippen molar-refractivity contribution in [1.29, 1.82) is 0 Å². The molecule has 35 heavy (non-hydrogen) atoms. The molecule has 10 heteroatoms. The molecule has 0 saturated carbocycles. The summed E-state index contributed by atoms with van der Waals surface area (Å²) in [6, 6.07) is 5.73. The van der Waals surface area contributed by atoms with Crippen molar-refractivity contribution in [2.24, 2.45) is 0 Å². The average Bonchev–Trinajstić information content (AvgIpc) is 3.41. The van der Waals surface area contributed by atoms with Crippen LogP contribution in [0.4, 0.5) is 8.78 Å². The highest BCUT2D eigenvalue weighted by Gasteiger charge is 2.38. The number of rotatable bonds is 6. The number of methoxy groups -OCH3 is 1. The highest BCUT2D eigenvalue weighted by atomic mass is 19.2. The third-order valence-corrected chi connectivity index (χ3v) is 6.65. The zero-order valence-corrected chi connectivity index (χ0v) is 19.6. The van der Waals surface area contributed by atoms with E-state index in [2.05, 4.69) is 10.2 Å². The number of carboxylic acid groups (broad SMARTS) is 1. The lowest BCUT2D eigenvalue weighted by molar-refractivity contribution is -0.153. The van der Waals surface area contributed by atoms with Gasteiger partial charge in [-0.05, 0) is 31.0 Å². The van der Waals surface area contributed by atoms with Crippen molar-refractivity contribution in [2.45, 2.75) is 44.1 Å². The van der Waals surface area contributed by atoms with Crippen LogP contribution in [0.15, 0.2) is 30.5 Å². The molecule has 4 aromatic rings. The number of aliphatic carboxylic acids is 1. The van der Waals surface area contributed by atoms with Gasteiger partial charge >= 0.3 is 5.97 Å². The Labute approximate surface area is 199 Å². The molecule has 184 valence electrons. The first kappa shape index (κ1) is 23.4. The highest BCUT2D eigenvalue weighted by molar-refractivity contribution is 5.94. The minimum absolute atomic E-state index is 0.154. The SMILES string of the molecule is COCC(C)(C)c1c([C@@H]2CC[C@@H](C(=O)O)OC2)c2nc3[nH]ncc3cc2n1-c1ccc(F)c(F)c1. The molecule has 2 atom stereocenters. The molecule has 4 heterocycles. The largest absolute Gasteiger partial charge is 0.479 e. The van der Waals surface area contributed by atoms with Gasteiger partial charge in [0.05, 0.1) is 30.4 Å². The van der Waals surface area contributed by atoms with Crippen LogP contribution in [0.1, 0.15) is 43.9 Å². The fourth-order valence-electron chi connectivity index (χ4n) is 5.14. The average molecular weight is 485 g/mol. The van der Waals surface area contributed by atoms with Crippen molar-refractivity contribution in [3.63, 3.8) is 0 Å². The quantitative estimate of drug-likeness (QED) is 0.419. The van der Waals surface area contributed by atoms with Crippen molar-refractivity contribution in [1.82, 2.24) is 19.7 Å². The number of pyridine rings is 1. The zero-order valence-electron chi connectivity index (χ0n) is 19.6. The monoisotopic (exact) mass is 484 g/mol. The maximum Gasteiger partial charge on any atom is 0.332 e. The number of hydrogen-bond acceptors (Lipinski definition) is 5. The Balaban J connectivity index is 1.83. The van der Waals surface area contributed by atoms with Crippen LogP contribution in [0.2, 0.25) is 0 Å². The van der Waals surface area contributed by atoms with E-state index in [0.717, 1.165) is 22.7 Å². The van der Waals surface area contributed by atoms with Crippen LogP contribution in [-0.2, 0) is 19.7 Å². The number of carboxylic acids is 1. The lowest BCUT2D eigenvalue weighted by Crippen LogP contribution is -2.33. The standard InChI is InChI=1S/C25H26F2N4O4/c1-25(2,12-34-3)22-20(13-4-7-19(24(32)33)35-11-13)21-18(8-14-10-28-30-23(14)29-21)31(22)15-5-6-16(26)17(27)9-15/h5-6,8-10,13,19H,4,7,11-12H2,1-3H3,(H,32,33)(H,28,29,30)/t13-,19+/m1/s1. The number of halogens is 2. The molecule has 5 rings (SSSR count). The predicted molar refractivity (Wildman–Crippen MR) is 125 cm³/mol. The van der Waals surface area contributed by atoms with Crippen LogP contribution in [0.25, 0.3) is 27.8 Å². The molecule has 0 spiro atoms. The third-order valence-electron chi connectivity index (χ3n) is 6.65. The van der Waals surface area contributed by atoms with Gasteiger partial charge in [-0.3, -0.25) is 5.10 Å². The van der Waals surface area contributed by atoms with E-state index in [9.17, 15) is 18.7 Å². The molecule has 1 aliphatic heterocycles. The normalized spacial score (nSPS) is 19.0. The van der Waals surface area contributed by atoms with E-state index in [1.165, 1.54) is 12.1 Å². The molecule has 0 unspecified atom stereocenters. The van der Waals surface area contributed by atoms with Crippen LogP contribution in [0.5, 0.6) is 0 Å². The summed E-state index contributed by atoms with van der Waals surface area (Å²) in [6.07, 6.45) is 1.74. The van der Waals surface area contributed by atoms with Crippen LogP contribution in [-0.4, -0.2) is 57.3 Å². The molecule has 8 nitrogen and oxygen atoms in total. The number of fused-ring (bicyclic) bond motifs is 2. The van der Waals surface area contributed by atoms with Crippen molar-refractivity contribution >= 4 is 28.0 Å². The molecule has 2 N–H and O–H groups in total. The van der Waals surface area contributed by atoms with E-state index in [1.54, 1.807) is 13.3 Å². The number of ether oxygens (including phenoxy) is 2. The highest BCUT2D eigenvalue weighted by Crippen LogP contribution is 2.44. The Kier molecular flexibility index (Phi) is 5.80. The number of aromatic amines is 1. The fraction of sp³-hybridized carbons (Fsp3) is 0.400. The maximum absolute atomic E-state index is 14.4. The summed E-state index contributed by atoms with van der Waals surface area (Å²) in [5, 5.41) is 17.1. The summed E-state index contributed by atoms with van der Waals surface area (Å²) < 4.78 is 41.4. The first-order chi connectivity index (χ1) is 16.7. The van der Waals surface area contributed by atoms with Crippen molar-refractivity contribution in [3.8, 4) is 5.69 Å². The molecule has 1 fully saturated rings. The van der Waals surface area contributed by atoms with Gasteiger partial charge < -0.3 is 19.1 Å². The van der Waals surface area contributed by atoms with Crippen molar-refractivity contribution < 1.29 is 28.2 Å². The summed E-state index contributed by atoms with van der Waals surface area (Å²) >= 11 is 0. The first-order valence-corrected chi connectivity index (χ1v) is 11.4. The lowest BCUT2D eigenvalue weighted by Gasteiger charge is -2.32. The van der Waals surface area contributed by atoms with E-state index in [-0.39, 0.29) is 12.5 Å². The predicted octanol–water partition coefficient (Wildman–Crippen LogP) is 4.45. The summed E-state index contributed by atoms with van der Waals surface area (Å²) in [5.41, 5.74) is 3.57. The van der Waals surface area contributed by atoms with Gasteiger partial charge in [0.25, 0.3) is 0 Å².